The summed E-state index contributed by atoms with van der Waals surface area (Å²) in [4.78, 5) is 30.2. The minimum absolute atomic E-state index is 0.0118. The number of carbonyl (C=O) groups excluding carboxylic acids is 1. The van der Waals surface area contributed by atoms with Gasteiger partial charge in [0.1, 0.15) is 17.7 Å². The van der Waals surface area contributed by atoms with Crippen LogP contribution < -0.4 is 5.69 Å². The SMILES string of the molecule is O=C([C@@H]1CCCc2nn(Cc3ncc(Cl)cc3F)c(=O)n21)N1CC(F)(F)C1. The van der Waals surface area contributed by atoms with Gasteiger partial charge in [0, 0.05) is 12.6 Å². The summed E-state index contributed by atoms with van der Waals surface area (Å²) in [7, 11) is 0. The zero-order valence-electron chi connectivity index (χ0n) is 14.0. The Kier molecular flexibility index (Phi) is 4.25. The number of hydrogen-bond donors (Lipinski definition) is 0. The van der Waals surface area contributed by atoms with E-state index in [1.165, 1.54) is 10.8 Å². The average molecular weight is 402 g/mol. The van der Waals surface area contributed by atoms with Crippen LogP contribution in [0.3, 0.4) is 0 Å². The lowest BCUT2D eigenvalue weighted by atomic mass is 10.0. The minimum Gasteiger partial charge on any atom is -0.329 e. The number of aromatic nitrogens is 4. The first-order valence-electron chi connectivity index (χ1n) is 8.40. The smallest absolute Gasteiger partial charge is 0.329 e. The van der Waals surface area contributed by atoms with Crippen LogP contribution in [-0.2, 0) is 17.8 Å². The monoisotopic (exact) mass is 401 g/mol. The molecule has 4 rings (SSSR count). The van der Waals surface area contributed by atoms with Gasteiger partial charge in [-0.3, -0.25) is 14.3 Å². The summed E-state index contributed by atoms with van der Waals surface area (Å²) >= 11 is 5.67. The van der Waals surface area contributed by atoms with Crippen molar-refractivity contribution in [2.24, 2.45) is 0 Å². The second-order valence-electron chi connectivity index (χ2n) is 6.77. The van der Waals surface area contributed by atoms with Gasteiger partial charge in [-0.2, -0.15) is 5.10 Å². The highest BCUT2D eigenvalue weighted by Gasteiger charge is 2.48. The van der Waals surface area contributed by atoms with E-state index in [0.29, 0.717) is 25.1 Å². The molecule has 0 aromatic carbocycles. The van der Waals surface area contributed by atoms with Crippen molar-refractivity contribution in [2.75, 3.05) is 13.1 Å². The molecule has 0 radical (unpaired) electrons. The molecule has 7 nitrogen and oxygen atoms in total. The van der Waals surface area contributed by atoms with Gasteiger partial charge in [0.2, 0.25) is 5.91 Å². The van der Waals surface area contributed by atoms with Crippen LogP contribution in [0.1, 0.15) is 30.4 Å². The fraction of sp³-hybridized carbons (Fsp3) is 0.500. The van der Waals surface area contributed by atoms with Crippen molar-refractivity contribution in [3.8, 4) is 0 Å². The number of hydrogen-bond acceptors (Lipinski definition) is 4. The van der Waals surface area contributed by atoms with Crippen molar-refractivity contribution < 1.29 is 18.0 Å². The van der Waals surface area contributed by atoms with Crippen LogP contribution in [-0.4, -0.2) is 49.2 Å². The fourth-order valence-corrected chi connectivity index (χ4v) is 3.59. The maximum atomic E-state index is 14.0. The first kappa shape index (κ1) is 18.0. The summed E-state index contributed by atoms with van der Waals surface area (Å²) in [5.74, 6) is -3.68. The topological polar surface area (TPSA) is 73.0 Å². The zero-order valence-corrected chi connectivity index (χ0v) is 14.8. The molecule has 1 atom stereocenters. The number of nitrogens with zero attached hydrogens (tertiary/aromatic N) is 5. The Balaban J connectivity index is 1.62. The summed E-state index contributed by atoms with van der Waals surface area (Å²) < 4.78 is 42.4. The molecule has 2 aromatic heterocycles. The quantitative estimate of drug-likeness (QED) is 0.783. The Morgan fingerprint density at radius 2 is 2.11 bits per heavy atom. The van der Waals surface area contributed by atoms with E-state index >= 15 is 0 Å². The van der Waals surface area contributed by atoms with Crippen molar-refractivity contribution in [1.29, 1.82) is 0 Å². The maximum absolute atomic E-state index is 14.0. The fourth-order valence-electron chi connectivity index (χ4n) is 3.45. The average Bonchev–Trinajstić information content (AvgIpc) is 2.90. The van der Waals surface area contributed by atoms with E-state index in [4.69, 9.17) is 11.6 Å². The first-order valence-corrected chi connectivity index (χ1v) is 8.78. The molecule has 0 unspecified atom stereocenters. The molecule has 0 N–H and O–H groups in total. The number of fused-ring (bicyclic) bond motifs is 1. The summed E-state index contributed by atoms with van der Waals surface area (Å²) in [6.45, 7) is -1.49. The number of carbonyl (C=O) groups is 1. The van der Waals surface area contributed by atoms with Gasteiger partial charge in [-0.25, -0.2) is 22.6 Å². The second-order valence-corrected chi connectivity index (χ2v) is 7.20. The van der Waals surface area contributed by atoms with E-state index in [1.807, 2.05) is 0 Å². The highest BCUT2D eigenvalue weighted by atomic mass is 35.5. The van der Waals surface area contributed by atoms with Gasteiger partial charge >= 0.3 is 5.69 Å². The second kappa shape index (κ2) is 6.36. The number of likely N-dealkylation sites (tertiary alicyclic amines) is 1. The first-order chi connectivity index (χ1) is 12.7. The Bertz CT molecular complexity index is 965. The number of pyridine rings is 1. The van der Waals surface area contributed by atoms with Crippen LogP contribution in [0.15, 0.2) is 17.1 Å². The van der Waals surface area contributed by atoms with Crippen molar-refractivity contribution in [3.05, 3.63) is 45.1 Å². The van der Waals surface area contributed by atoms with Gasteiger partial charge in [-0.05, 0) is 18.9 Å². The third-order valence-electron chi connectivity index (χ3n) is 4.76. The van der Waals surface area contributed by atoms with E-state index in [2.05, 4.69) is 10.1 Å². The summed E-state index contributed by atoms with van der Waals surface area (Å²) in [6.07, 6.45) is 2.70. The molecule has 0 saturated carbocycles. The third kappa shape index (κ3) is 3.22. The number of alkyl halides is 2. The molecule has 2 aromatic rings. The minimum atomic E-state index is -2.87. The molecular formula is C16H15ClF3N5O2. The van der Waals surface area contributed by atoms with Gasteiger partial charge in [0.15, 0.2) is 0 Å². The van der Waals surface area contributed by atoms with Crippen molar-refractivity contribution in [2.45, 2.75) is 37.8 Å². The Morgan fingerprint density at radius 3 is 2.78 bits per heavy atom. The van der Waals surface area contributed by atoms with Gasteiger partial charge in [0.05, 0.1) is 30.4 Å². The van der Waals surface area contributed by atoms with Gasteiger partial charge in [-0.1, -0.05) is 11.6 Å². The molecule has 144 valence electrons. The van der Waals surface area contributed by atoms with E-state index in [-0.39, 0.29) is 17.3 Å². The highest BCUT2D eigenvalue weighted by Crippen LogP contribution is 2.31. The molecule has 1 fully saturated rings. The maximum Gasteiger partial charge on any atom is 0.347 e. The lowest BCUT2D eigenvalue weighted by Gasteiger charge is -2.41. The van der Waals surface area contributed by atoms with Gasteiger partial charge in [-0.15, -0.1) is 0 Å². The molecule has 27 heavy (non-hydrogen) atoms. The van der Waals surface area contributed by atoms with Gasteiger partial charge in [0.25, 0.3) is 5.92 Å². The van der Waals surface area contributed by atoms with Crippen LogP contribution in [0.25, 0.3) is 0 Å². The normalized spacial score (nSPS) is 20.9. The molecular weight excluding hydrogens is 387 g/mol. The van der Waals surface area contributed by atoms with E-state index < -0.39 is 42.5 Å². The van der Waals surface area contributed by atoms with E-state index in [0.717, 1.165) is 15.6 Å². The summed E-state index contributed by atoms with van der Waals surface area (Å²) in [5, 5.41) is 4.31. The van der Waals surface area contributed by atoms with Crippen LogP contribution >= 0.6 is 11.6 Å². The summed E-state index contributed by atoms with van der Waals surface area (Å²) in [5.41, 5.74) is -0.603. The molecule has 11 heteroatoms. The predicted molar refractivity (Wildman–Crippen MR) is 88.3 cm³/mol. The summed E-state index contributed by atoms with van der Waals surface area (Å²) in [6, 6.07) is 0.218. The van der Waals surface area contributed by atoms with Crippen LogP contribution in [0, 0.1) is 5.82 Å². The van der Waals surface area contributed by atoms with Crippen LogP contribution in [0.2, 0.25) is 5.02 Å². The molecule has 0 bridgehead atoms. The van der Waals surface area contributed by atoms with Crippen molar-refractivity contribution >= 4 is 17.5 Å². The standard InChI is InChI=1S/C16H15ClF3N5O2/c17-9-4-10(18)11(21-5-9)6-24-15(27)25-12(2-1-3-13(25)22-24)14(26)23-7-16(19,20)8-23/h4-5,12H,1-3,6-8H2/t12-/m0/s1. The number of amides is 1. The Morgan fingerprint density at radius 1 is 1.37 bits per heavy atom. The molecule has 2 aliphatic heterocycles. The van der Waals surface area contributed by atoms with E-state index in [1.54, 1.807) is 0 Å². The Labute approximate surface area is 156 Å². The molecule has 1 amide bonds. The lowest BCUT2D eigenvalue weighted by Crippen LogP contribution is -2.60. The predicted octanol–water partition coefficient (Wildman–Crippen LogP) is 1.64. The molecule has 0 spiro atoms. The van der Waals surface area contributed by atoms with Crippen molar-refractivity contribution in [3.63, 3.8) is 0 Å². The molecule has 1 saturated heterocycles. The largest absolute Gasteiger partial charge is 0.347 e. The third-order valence-corrected chi connectivity index (χ3v) is 4.96. The van der Waals surface area contributed by atoms with Crippen LogP contribution in [0.4, 0.5) is 13.2 Å². The van der Waals surface area contributed by atoms with E-state index in [9.17, 15) is 22.8 Å². The lowest BCUT2D eigenvalue weighted by molar-refractivity contribution is -0.169. The van der Waals surface area contributed by atoms with Crippen molar-refractivity contribution in [1.82, 2.24) is 24.2 Å². The number of aryl methyl sites for hydroxylation is 1. The molecule has 0 aliphatic carbocycles. The van der Waals surface area contributed by atoms with Gasteiger partial charge < -0.3 is 4.90 Å². The zero-order chi connectivity index (χ0) is 19.3. The highest BCUT2D eigenvalue weighted by molar-refractivity contribution is 6.30. The number of halogens is 4. The van der Waals surface area contributed by atoms with Crippen LogP contribution in [0.5, 0.6) is 0 Å². The number of rotatable bonds is 3. The molecule has 4 heterocycles. The Hall–Kier alpha value is -2.36. The molecule has 2 aliphatic rings.